The number of aliphatic carboxylic acids is 1. The number of hydrogen-bond acceptors (Lipinski definition) is 3. The maximum atomic E-state index is 12.3. The Morgan fingerprint density at radius 3 is 2.40 bits per heavy atom. The molecule has 5 heteroatoms. The van der Waals surface area contributed by atoms with Gasteiger partial charge in [-0.25, -0.2) is 0 Å². The Bertz CT molecular complexity index is 344. The number of amides is 1. The third kappa shape index (κ3) is 4.78. The maximum absolute atomic E-state index is 12.3. The molecule has 2 N–H and O–H groups in total. The van der Waals surface area contributed by atoms with Gasteiger partial charge in [-0.15, -0.1) is 0 Å². The van der Waals surface area contributed by atoms with E-state index in [0.29, 0.717) is 18.8 Å². The molecule has 1 rings (SSSR count). The molecule has 0 radical (unpaired) electrons. The van der Waals surface area contributed by atoms with Crippen LogP contribution in [0.3, 0.4) is 0 Å². The van der Waals surface area contributed by atoms with Crippen molar-refractivity contribution in [1.82, 2.24) is 10.2 Å². The Morgan fingerprint density at radius 1 is 1.30 bits per heavy atom. The van der Waals surface area contributed by atoms with Crippen molar-refractivity contribution in [2.24, 2.45) is 17.8 Å². The normalized spacial score (nSPS) is 27.6. The van der Waals surface area contributed by atoms with Gasteiger partial charge in [-0.1, -0.05) is 13.3 Å². The number of hydrogen-bond donors (Lipinski definition) is 2. The average Bonchev–Trinajstić information content (AvgIpc) is 2.80. The molecule has 0 heterocycles. The number of carboxylic acids is 1. The molecule has 0 aromatic heterocycles. The van der Waals surface area contributed by atoms with Crippen LogP contribution < -0.4 is 5.32 Å². The number of nitrogens with zero attached hydrogens (tertiary/aromatic N) is 1. The summed E-state index contributed by atoms with van der Waals surface area (Å²) in [4.78, 5) is 25.7. The lowest BCUT2D eigenvalue weighted by molar-refractivity contribution is -0.146. The topological polar surface area (TPSA) is 69.6 Å². The van der Waals surface area contributed by atoms with Crippen molar-refractivity contribution < 1.29 is 14.7 Å². The highest BCUT2D eigenvalue weighted by molar-refractivity contribution is 5.85. The van der Waals surface area contributed by atoms with Gasteiger partial charge in [0.2, 0.25) is 5.91 Å². The zero-order valence-electron chi connectivity index (χ0n) is 13.1. The molecule has 116 valence electrons. The fourth-order valence-corrected chi connectivity index (χ4v) is 2.91. The molecule has 1 saturated carbocycles. The van der Waals surface area contributed by atoms with Crippen LogP contribution in [0.5, 0.6) is 0 Å². The highest BCUT2D eigenvalue weighted by Crippen LogP contribution is 2.38. The Kier molecular flexibility index (Phi) is 6.46. The predicted molar refractivity (Wildman–Crippen MR) is 78.4 cm³/mol. The van der Waals surface area contributed by atoms with E-state index in [2.05, 4.69) is 17.1 Å². The molecular weight excluding hydrogens is 256 g/mol. The van der Waals surface area contributed by atoms with E-state index < -0.39 is 11.9 Å². The lowest BCUT2D eigenvalue weighted by Crippen LogP contribution is -2.41. The highest BCUT2D eigenvalue weighted by Gasteiger charge is 2.42. The van der Waals surface area contributed by atoms with Crippen molar-refractivity contribution in [3.05, 3.63) is 0 Å². The molecule has 0 aromatic carbocycles. The van der Waals surface area contributed by atoms with Gasteiger partial charge in [0.15, 0.2) is 0 Å². The van der Waals surface area contributed by atoms with Gasteiger partial charge in [-0.05, 0) is 52.7 Å². The van der Waals surface area contributed by atoms with E-state index in [-0.39, 0.29) is 17.9 Å². The largest absolute Gasteiger partial charge is 0.481 e. The molecule has 4 atom stereocenters. The summed E-state index contributed by atoms with van der Waals surface area (Å²) in [5.74, 6) is -1.43. The summed E-state index contributed by atoms with van der Waals surface area (Å²) in [5, 5.41) is 12.2. The minimum atomic E-state index is -0.831. The zero-order chi connectivity index (χ0) is 15.3. The molecule has 1 aliphatic carbocycles. The minimum Gasteiger partial charge on any atom is -0.481 e. The van der Waals surface area contributed by atoms with E-state index in [9.17, 15) is 14.7 Å². The van der Waals surface area contributed by atoms with Crippen LogP contribution in [0.4, 0.5) is 0 Å². The van der Waals surface area contributed by atoms with Gasteiger partial charge in [-0.2, -0.15) is 0 Å². The van der Waals surface area contributed by atoms with E-state index in [1.165, 1.54) is 0 Å². The molecule has 0 spiro atoms. The molecular formula is C15H28N2O3. The highest BCUT2D eigenvalue weighted by atomic mass is 16.4. The molecule has 0 bridgehead atoms. The van der Waals surface area contributed by atoms with Crippen molar-refractivity contribution in [3.8, 4) is 0 Å². The molecule has 0 aliphatic heterocycles. The quantitative estimate of drug-likeness (QED) is 0.744. The molecule has 5 nitrogen and oxygen atoms in total. The molecule has 20 heavy (non-hydrogen) atoms. The minimum absolute atomic E-state index is 0.0834. The monoisotopic (exact) mass is 284 g/mol. The van der Waals surface area contributed by atoms with E-state index in [0.717, 1.165) is 19.4 Å². The summed E-state index contributed by atoms with van der Waals surface area (Å²) in [6.45, 7) is 4.94. The number of carbonyl (C=O) groups is 2. The lowest BCUT2D eigenvalue weighted by Gasteiger charge is -2.21. The molecule has 1 amide bonds. The van der Waals surface area contributed by atoms with Crippen molar-refractivity contribution >= 4 is 11.9 Å². The molecule has 1 aliphatic rings. The van der Waals surface area contributed by atoms with Crippen LogP contribution in [0.15, 0.2) is 0 Å². The fourth-order valence-electron chi connectivity index (χ4n) is 2.91. The number of carboxylic acid groups (broad SMARTS) is 1. The van der Waals surface area contributed by atoms with Crippen molar-refractivity contribution in [1.29, 1.82) is 0 Å². The second-order valence-electron chi connectivity index (χ2n) is 6.30. The molecule has 0 saturated heterocycles. The second-order valence-corrected chi connectivity index (χ2v) is 6.30. The number of rotatable bonds is 7. The van der Waals surface area contributed by atoms with Gasteiger partial charge >= 0.3 is 5.97 Å². The van der Waals surface area contributed by atoms with Crippen LogP contribution >= 0.6 is 0 Å². The average molecular weight is 284 g/mol. The van der Waals surface area contributed by atoms with Crippen LogP contribution in [0.25, 0.3) is 0 Å². The van der Waals surface area contributed by atoms with E-state index in [1.807, 2.05) is 21.0 Å². The first-order valence-electron chi connectivity index (χ1n) is 7.53. The van der Waals surface area contributed by atoms with Gasteiger partial charge in [0, 0.05) is 6.04 Å². The summed E-state index contributed by atoms with van der Waals surface area (Å²) in [6.07, 6.45) is 3.17. The molecule has 0 aromatic rings. The molecule has 1 fully saturated rings. The summed E-state index contributed by atoms with van der Waals surface area (Å²) in [6, 6.07) is 0.0834. The predicted octanol–water partition coefficient (Wildman–Crippen LogP) is 1.58. The summed E-state index contributed by atoms with van der Waals surface area (Å²) >= 11 is 0. The van der Waals surface area contributed by atoms with Crippen LogP contribution in [-0.4, -0.2) is 48.6 Å². The summed E-state index contributed by atoms with van der Waals surface area (Å²) in [7, 11) is 4.00. The first-order valence-corrected chi connectivity index (χ1v) is 7.53. The van der Waals surface area contributed by atoms with Crippen molar-refractivity contribution in [2.75, 3.05) is 20.6 Å². The van der Waals surface area contributed by atoms with Gasteiger partial charge in [0.05, 0.1) is 11.8 Å². The first-order chi connectivity index (χ1) is 9.35. The van der Waals surface area contributed by atoms with Gasteiger partial charge in [0.1, 0.15) is 0 Å². The SMILES string of the molecule is CCC1C[C@H](C(=O)NC(C)CCN(C)C)[C@H](C(=O)O)C1. The van der Waals surface area contributed by atoms with Crippen LogP contribution in [0.1, 0.15) is 39.5 Å². The lowest BCUT2D eigenvalue weighted by atomic mass is 9.95. The fraction of sp³-hybridized carbons (Fsp3) is 0.867. The molecule has 2 unspecified atom stereocenters. The van der Waals surface area contributed by atoms with Crippen LogP contribution in [0, 0.1) is 17.8 Å². The Hall–Kier alpha value is -1.10. The second kappa shape index (κ2) is 7.62. The van der Waals surface area contributed by atoms with Gasteiger partial charge in [0.25, 0.3) is 0 Å². The van der Waals surface area contributed by atoms with Crippen LogP contribution in [0.2, 0.25) is 0 Å². The maximum Gasteiger partial charge on any atom is 0.307 e. The third-order valence-corrected chi connectivity index (χ3v) is 4.29. The Balaban J connectivity index is 2.54. The van der Waals surface area contributed by atoms with Gasteiger partial charge < -0.3 is 15.3 Å². The number of nitrogens with one attached hydrogen (secondary N) is 1. The van der Waals surface area contributed by atoms with E-state index in [4.69, 9.17) is 0 Å². The Morgan fingerprint density at radius 2 is 1.90 bits per heavy atom. The van der Waals surface area contributed by atoms with E-state index >= 15 is 0 Å². The van der Waals surface area contributed by atoms with Crippen molar-refractivity contribution in [2.45, 2.75) is 45.6 Å². The Labute approximate surface area is 121 Å². The van der Waals surface area contributed by atoms with Gasteiger partial charge in [-0.3, -0.25) is 9.59 Å². The first kappa shape index (κ1) is 17.0. The van der Waals surface area contributed by atoms with Crippen LogP contribution in [-0.2, 0) is 9.59 Å². The summed E-state index contributed by atoms with van der Waals surface area (Å²) in [5.41, 5.74) is 0. The third-order valence-electron chi connectivity index (χ3n) is 4.29. The van der Waals surface area contributed by atoms with Crippen molar-refractivity contribution in [3.63, 3.8) is 0 Å². The van der Waals surface area contributed by atoms with E-state index in [1.54, 1.807) is 0 Å². The summed E-state index contributed by atoms with van der Waals surface area (Å²) < 4.78 is 0. The number of carbonyl (C=O) groups excluding carboxylic acids is 1. The zero-order valence-corrected chi connectivity index (χ0v) is 13.1. The smallest absolute Gasteiger partial charge is 0.307 e. The standard InChI is InChI=1S/C15H28N2O3/c1-5-11-8-12(13(9-11)15(19)20)14(18)16-10(2)6-7-17(3)4/h10-13H,5-9H2,1-4H3,(H,16,18)(H,19,20)/t10?,11?,12-,13+/m0/s1.